The number of ether oxygens (including phenoxy) is 1. The van der Waals surface area contributed by atoms with Crippen LogP contribution < -0.4 is 5.32 Å². The molecule has 120 valence electrons. The van der Waals surface area contributed by atoms with E-state index in [9.17, 15) is 19.2 Å². The molecule has 0 spiro atoms. The van der Waals surface area contributed by atoms with Gasteiger partial charge < -0.3 is 10.1 Å². The highest BCUT2D eigenvalue weighted by atomic mass is 16.5. The minimum Gasteiger partial charge on any atom is -0.459 e. The van der Waals surface area contributed by atoms with Crippen molar-refractivity contribution in [3.8, 4) is 0 Å². The van der Waals surface area contributed by atoms with E-state index >= 15 is 0 Å². The number of fused-ring (bicyclic) bond motifs is 2. The predicted molar refractivity (Wildman–Crippen MR) is 85.0 cm³/mol. The molecule has 0 radical (unpaired) electrons. The molecule has 0 saturated heterocycles. The van der Waals surface area contributed by atoms with E-state index in [0.29, 0.717) is 11.1 Å². The Hall–Kier alpha value is -3.28. The lowest BCUT2D eigenvalue weighted by atomic mass is 9.84. The van der Waals surface area contributed by atoms with E-state index in [1.54, 1.807) is 31.2 Å². The number of benzene rings is 2. The second kappa shape index (κ2) is 6.08. The molecular formula is C18H13NO5. The van der Waals surface area contributed by atoms with Gasteiger partial charge in [0.1, 0.15) is 0 Å². The summed E-state index contributed by atoms with van der Waals surface area (Å²) < 4.78 is 4.60. The molecule has 3 rings (SSSR count). The highest BCUT2D eigenvalue weighted by molar-refractivity contribution is 6.37. The Morgan fingerprint density at radius 2 is 1.50 bits per heavy atom. The minimum absolute atomic E-state index is 0.0835. The predicted octanol–water partition coefficient (Wildman–Crippen LogP) is 1.96. The molecule has 2 aromatic rings. The number of rotatable bonds is 2. The van der Waals surface area contributed by atoms with Crippen LogP contribution in [-0.4, -0.2) is 30.0 Å². The van der Waals surface area contributed by atoms with Crippen molar-refractivity contribution in [2.45, 2.75) is 6.92 Å². The number of nitrogens with one attached hydrogen (secondary N) is 1. The van der Waals surface area contributed by atoms with Gasteiger partial charge in [-0.25, -0.2) is 4.79 Å². The Labute approximate surface area is 137 Å². The summed E-state index contributed by atoms with van der Waals surface area (Å²) in [5.74, 6) is -2.49. The monoisotopic (exact) mass is 323 g/mol. The molecule has 6 nitrogen and oxygen atoms in total. The van der Waals surface area contributed by atoms with Crippen molar-refractivity contribution in [1.82, 2.24) is 0 Å². The normalized spacial score (nSPS) is 12.2. The van der Waals surface area contributed by atoms with E-state index in [4.69, 9.17) is 0 Å². The molecule has 0 fully saturated rings. The number of anilines is 1. The summed E-state index contributed by atoms with van der Waals surface area (Å²) in [5, 5.41) is 2.36. The first-order chi connectivity index (χ1) is 11.5. The first-order valence-corrected chi connectivity index (χ1v) is 7.33. The number of esters is 1. The van der Waals surface area contributed by atoms with Gasteiger partial charge in [0.15, 0.2) is 11.6 Å². The maximum absolute atomic E-state index is 12.6. The summed E-state index contributed by atoms with van der Waals surface area (Å²) >= 11 is 0. The third kappa shape index (κ3) is 2.58. The molecule has 1 amide bonds. The maximum atomic E-state index is 12.6. The van der Waals surface area contributed by atoms with Gasteiger partial charge in [-0.3, -0.25) is 14.4 Å². The second-order valence-corrected chi connectivity index (χ2v) is 5.14. The zero-order valence-corrected chi connectivity index (χ0v) is 12.8. The molecule has 1 aliphatic rings. The van der Waals surface area contributed by atoms with Gasteiger partial charge in [-0.15, -0.1) is 0 Å². The zero-order chi connectivity index (χ0) is 17.3. The molecule has 0 aliphatic heterocycles. The van der Waals surface area contributed by atoms with E-state index in [0.717, 1.165) is 0 Å². The molecule has 6 heteroatoms. The molecule has 2 aromatic carbocycles. The summed E-state index contributed by atoms with van der Waals surface area (Å²) in [6.07, 6.45) is 0. The van der Waals surface area contributed by atoms with Crippen molar-refractivity contribution in [1.29, 1.82) is 0 Å². The van der Waals surface area contributed by atoms with Crippen LogP contribution in [0.15, 0.2) is 42.5 Å². The average Bonchev–Trinajstić information content (AvgIpc) is 2.60. The van der Waals surface area contributed by atoms with Gasteiger partial charge in [0.25, 0.3) is 0 Å². The lowest BCUT2D eigenvalue weighted by Gasteiger charge is -2.18. The first kappa shape index (κ1) is 15.6. The summed E-state index contributed by atoms with van der Waals surface area (Å²) in [7, 11) is 0. The number of carbonyl (C=O) groups is 4. The van der Waals surface area contributed by atoms with Crippen LogP contribution in [0.1, 0.15) is 38.8 Å². The van der Waals surface area contributed by atoms with Gasteiger partial charge in [0.2, 0.25) is 0 Å². The van der Waals surface area contributed by atoms with Crippen molar-refractivity contribution in [2.24, 2.45) is 0 Å². The maximum Gasteiger partial charge on any atom is 0.397 e. The number of hydrogen-bond acceptors (Lipinski definition) is 5. The Kier molecular flexibility index (Phi) is 3.95. The van der Waals surface area contributed by atoms with Crippen molar-refractivity contribution in [2.75, 3.05) is 11.9 Å². The van der Waals surface area contributed by atoms with Crippen molar-refractivity contribution < 1.29 is 23.9 Å². The molecule has 0 unspecified atom stereocenters. The van der Waals surface area contributed by atoms with Crippen LogP contribution >= 0.6 is 0 Å². The summed E-state index contributed by atoms with van der Waals surface area (Å²) in [5.41, 5.74) is 1.39. The number of carbonyl (C=O) groups excluding carboxylic acids is 4. The van der Waals surface area contributed by atoms with Crippen LogP contribution in [0.5, 0.6) is 0 Å². The molecule has 0 aromatic heterocycles. The van der Waals surface area contributed by atoms with Crippen LogP contribution in [0.25, 0.3) is 0 Å². The molecule has 0 atom stereocenters. The molecule has 0 heterocycles. The Morgan fingerprint density at radius 3 is 2.12 bits per heavy atom. The quantitative estimate of drug-likeness (QED) is 0.575. The number of amides is 1. The van der Waals surface area contributed by atoms with Crippen LogP contribution in [0.4, 0.5) is 5.69 Å². The Bertz CT molecular complexity index is 885. The van der Waals surface area contributed by atoms with Gasteiger partial charge in [-0.1, -0.05) is 24.3 Å². The fraction of sp³-hybridized carbons (Fsp3) is 0.111. The number of hydrogen-bond donors (Lipinski definition) is 1. The van der Waals surface area contributed by atoms with Crippen LogP contribution in [0.2, 0.25) is 0 Å². The number of ketones is 2. The SMILES string of the molecule is CCOC(=O)C(=O)Nc1ccc2c(c1)C(=O)c1ccccc1C2=O. The molecule has 0 bridgehead atoms. The largest absolute Gasteiger partial charge is 0.459 e. The highest BCUT2D eigenvalue weighted by Gasteiger charge is 2.29. The Morgan fingerprint density at radius 1 is 0.917 bits per heavy atom. The van der Waals surface area contributed by atoms with Crippen LogP contribution in [0.3, 0.4) is 0 Å². The van der Waals surface area contributed by atoms with Gasteiger partial charge in [0.05, 0.1) is 6.61 Å². The fourth-order valence-electron chi connectivity index (χ4n) is 2.56. The van der Waals surface area contributed by atoms with Crippen molar-refractivity contribution in [3.63, 3.8) is 0 Å². The summed E-state index contributed by atoms with van der Waals surface area (Å²) in [6.45, 7) is 1.67. The molecule has 0 saturated carbocycles. The third-order valence-corrected chi connectivity index (χ3v) is 3.64. The Balaban J connectivity index is 1.94. The fourth-order valence-corrected chi connectivity index (χ4v) is 2.56. The van der Waals surface area contributed by atoms with E-state index < -0.39 is 11.9 Å². The van der Waals surface area contributed by atoms with E-state index in [1.165, 1.54) is 18.2 Å². The molecule has 1 N–H and O–H groups in total. The van der Waals surface area contributed by atoms with Gasteiger partial charge in [-0.05, 0) is 25.1 Å². The molecular weight excluding hydrogens is 310 g/mol. The summed E-state index contributed by atoms with van der Waals surface area (Å²) in [6, 6.07) is 10.9. The van der Waals surface area contributed by atoms with Gasteiger partial charge >= 0.3 is 11.9 Å². The van der Waals surface area contributed by atoms with E-state index in [2.05, 4.69) is 10.1 Å². The zero-order valence-electron chi connectivity index (χ0n) is 12.8. The first-order valence-electron chi connectivity index (χ1n) is 7.33. The van der Waals surface area contributed by atoms with E-state index in [-0.39, 0.29) is 35.0 Å². The average molecular weight is 323 g/mol. The summed E-state index contributed by atoms with van der Waals surface area (Å²) in [4.78, 5) is 48.1. The van der Waals surface area contributed by atoms with Crippen LogP contribution in [0, 0.1) is 0 Å². The van der Waals surface area contributed by atoms with Crippen molar-refractivity contribution in [3.05, 3.63) is 64.7 Å². The molecule has 24 heavy (non-hydrogen) atoms. The van der Waals surface area contributed by atoms with Gasteiger partial charge in [-0.2, -0.15) is 0 Å². The second-order valence-electron chi connectivity index (χ2n) is 5.14. The lowest BCUT2D eigenvalue weighted by Crippen LogP contribution is -2.26. The van der Waals surface area contributed by atoms with Crippen molar-refractivity contribution >= 4 is 29.1 Å². The minimum atomic E-state index is -1.01. The highest BCUT2D eigenvalue weighted by Crippen LogP contribution is 2.29. The van der Waals surface area contributed by atoms with E-state index in [1.807, 2.05) is 0 Å². The third-order valence-electron chi connectivity index (χ3n) is 3.64. The van der Waals surface area contributed by atoms with Gasteiger partial charge in [0, 0.05) is 27.9 Å². The standard InChI is InChI=1S/C18H13NO5/c1-2-24-18(23)17(22)19-10-7-8-13-14(9-10)16(21)12-6-4-3-5-11(12)15(13)20/h3-9H,2H2,1H3,(H,19,22). The topological polar surface area (TPSA) is 89.5 Å². The van der Waals surface area contributed by atoms with Crippen LogP contribution in [-0.2, 0) is 14.3 Å². The lowest BCUT2D eigenvalue weighted by molar-refractivity contribution is -0.152. The molecule has 1 aliphatic carbocycles. The smallest absolute Gasteiger partial charge is 0.397 e.